The predicted octanol–water partition coefficient (Wildman–Crippen LogP) is 3.21. The highest BCUT2D eigenvalue weighted by atomic mass is 79.9. The second kappa shape index (κ2) is 6.36. The van der Waals surface area contributed by atoms with Crippen LogP contribution in [0.4, 0.5) is 4.39 Å². The summed E-state index contributed by atoms with van der Waals surface area (Å²) in [5.41, 5.74) is 1.41. The van der Waals surface area contributed by atoms with Crippen LogP contribution in [0.15, 0.2) is 56.9 Å². The number of hydrogen-bond acceptors (Lipinski definition) is 3. The highest BCUT2D eigenvalue weighted by molar-refractivity contribution is 9.10. The van der Waals surface area contributed by atoms with Crippen molar-refractivity contribution in [3.8, 4) is 0 Å². The first-order valence-corrected chi connectivity index (χ1v) is 8.23. The van der Waals surface area contributed by atoms with Crippen molar-refractivity contribution in [2.45, 2.75) is 11.8 Å². The molecule has 21 heavy (non-hydrogen) atoms. The topological polar surface area (TPSA) is 58.5 Å². The predicted molar refractivity (Wildman–Crippen MR) is 83.2 cm³/mol. The monoisotopic (exact) mass is 370 g/mol. The lowest BCUT2D eigenvalue weighted by Crippen LogP contribution is -2.18. The van der Waals surface area contributed by atoms with Gasteiger partial charge in [0.15, 0.2) is 0 Å². The van der Waals surface area contributed by atoms with Crippen molar-refractivity contribution in [1.29, 1.82) is 0 Å². The minimum Gasteiger partial charge on any atom is -0.206 e. The van der Waals surface area contributed by atoms with Gasteiger partial charge >= 0.3 is 0 Å². The van der Waals surface area contributed by atoms with E-state index < -0.39 is 15.8 Å². The number of nitrogens with zero attached hydrogens (tertiary/aromatic N) is 1. The fourth-order valence-corrected chi connectivity index (χ4v) is 2.57. The van der Waals surface area contributed by atoms with Crippen LogP contribution >= 0.6 is 15.9 Å². The van der Waals surface area contributed by atoms with Crippen molar-refractivity contribution in [3.05, 3.63) is 63.9 Å². The number of benzene rings is 2. The summed E-state index contributed by atoms with van der Waals surface area (Å²) >= 11 is 3.03. The zero-order chi connectivity index (χ0) is 15.5. The van der Waals surface area contributed by atoms with Crippen LogP contribution in [-0.4, -0.2) is 14.6 Å². The molecule has 0 saturated heterocycles. The number of sulfonamides is 1. The lowest BCUT2D eigenvalue weighted by molar-refractivity contribution is 0.584. The molecule has 0 saturated carbocycles. The largest absolute Gasteiger partial charge is 0.276 e. The smallest absolute Gasteiger partial charge is 0.206 e. The highest BCUT2D eigenvalue weighted by Crippen LogP contribution is 2.15. The molecule has 0 amide bonds. The fraction of sp³-hybridized carbons (Fsp3) is 0.0714. The average Bonchev–Trinajstić information content (AvgIpc) is 2.43. The van der Waals surface area contributed by atoms with Gasteiger partial charge in [-0.05, 0) is 52.7 Å². The van der Waals surface area contributed by atoms with Crippen LogP contribution in [-0.2, 0) is 10.0 Å². The molecular formula is C14H12BrFN2O2S. The van der Waals surface area contributed by atoms with Crippen molar-refractivity contribution in [2.24, 2.45) is 5.10 Å². The van der Waals surface area contributed by atoms with Crippen LogP contribution in [0.25, 0.3) is 0 Å². The molecule has 110 valence electrons. The SMILES string of the molecule is Cc1ccc(S(=O)(=O)NN=Cc2ccc(Br)c(F)c2)cc1. The van der Waals surface area contributed by atoms with Crippen LogP contribution in [0, 0.1) is 12.7 Å². The van der Waals surface area contributed by atoms with Gasteiger partial charge in [-0.3, -0.25) is 0 Å². The molecule has 2 rings (SSSR count). The second-order valence-electron chi connectivity index (χ2n) is 4.34. The van der Waals surface area contributed by atoms with E-state index in [1.807, 2.05) is 6.92 Å². The van der Waals surface area contributed by atoms with Gasteiger partial charge in [0.05, 0.1) is 15.6 Å². The third-order valence-electron chi connectivity index (χ3n) is 2.66. The van der Waals surface area contributed by atoms with Gasteiger partial charge in [0.25, 0.3) is 10.0 Å². The summed E-state index contributed by atoms with van der Waals surface area (Å²) in [5.74, 6) is -0.444. The van der Waals surface area contributed by atoms with E-state index in [0.29, 0.717) is 10.0 Å². The van der Waals surface area contributed by atoms with Gasteiger partial charge in [-0.25, -0.2) is 9.22 Å². The van der Waals surface area contributed by atoms with Crippen molar-refractivity contribution in [2.75, 3.05) is 0 Å². The molecule has 0 aromatic heterocycles. The summed E-state index contributed by atoms with van der Waals surface area (Å²) in [6, 6.07) is 10.7. The molecule has 0 unspecified atom stereocenters. The van der Waals surface area contributed by atoms with E-state index in [0.717, 1.165) is 5.56 Å². The molecule has 0 radical (unpaired) electrons. The standard InChI is InChI=1S/C14H12BrFN2O2S/c1-10-2-5-12(6-3-10)21(19,20)18-17-9-11-4-7-13(15)14(16)8-11/h2-9,18H,1H3. The molecule has 0 fully saturated rings. The van der Waals surface area contributed by atoms with E-state index in [9.17, 15) is 12.8 Å². The molecule has 0 aliphatic rings. The quantitative estimate of drug-likeness (QED) is 0.663. The normalized spacial score (nSPS) is 11.8. The Morgan fingerprint density at radius 3 is 2.48 bits per heavy atom. The maximum Gasteiger partial charge on any atom is 0.276 e. The lowest BCUT2D eigenvalue weighted by Gasteiger charge is -2.03. The van der Waals surface area contributed by atoms with E-state index in [4.69, 9.17) is 0 Å². The minimum atomic E-state index is -3.72. The first-order chi connectivity index (χ1) is 9.88. The Hall–Kier alpha value is -1.73. The summed E-state index contributed by atoms with van der Waals surface area (Å²) in [5, 5.41) is 3.64. The lowest BCUT2D eigenvalue weighted by atomic mass is 10.2. The molecule has 4 nitrogen and oxygen atoms in total. The van der Waals surface area contributed by atoms with Gasteiger partial charge in [-0.1, -0.05) is 23.8 Å². The molecular weight excluding hydrogens is 359 g/mol. The number of rotatable bonds is 4. The Balaban J connectivity index is 2.12. The molecule has 1 N–H and O–H groups in total. The van der Waals surface area contributed by atoms with Gasteiger partial charge in [0, 0.05) is 0 Å². The summed E-state index contributed by atoms with van der Waals surface area (Å²) in [4.78, 5) is 2.20. The van der Waals surface area contributed by atoms with Crippen molar-refractivity contribution < 1.29 is 12.8 Å². The third-order valence-corrected chi connectivity index (χ3v) is 4.54. The molecule has 2 aromatic rings. The number of hydrazone groups is 1. The minimum absolute atomic E-state index is 0.118. The summed E-state index contributed by atoms with van der Waals surface area (Å²) in [7, 11) is -3.72. The zero-order valence-corrected chi connectivity index (χ0v) is 13.4. The Kier molecular flexibility index (Phi) is 4.74. The zero-order valence-electron chi connectivity index (χ0n) is 11.0. The Bertz CT molecular complexity index is 774. The Morgan fingerprint density at radius 2 is 1.86 bits per heavy atom. The number of hydrogen-bond donors (Lipinski definition) is 1. The summed E-state index contributed by atoms with van der Waals surface area (Å²) < 4.78 is 37.5. The highest BCUT2D eigenvalue weighted by Gasteiger charge is 2.11. The molecule has 0 spiro atoms. The van der Waals surface area contributed by atoms with E-state index in [2.05, 4.69) is 25.9 Å². The maximum atomic E-state index is 13.3. The van der Waals surface area contributed by atoms with E-state index in [-0.39, 0.29) is 4.90 Å². The summed E-state index contributed by atoms with van der Waals surface area (Å²) in [6.07, 6.45) is 1.24. The van der Waals surface area contributed by atoms with Crippen molar-refractivity contribution in [1.82, 2.24) is 4.83 Å². The van der Waals surface area contributed by atoms with Gasteiger partial charge in [0.1, 0.15) is 5.82 Å². The van der Waals surface area contributed by atoms with E-state index >= 15 is 0 Å². The van der Waals surface area contributed by atoms with Gasteiger partial charge < -0.3 is 0 Å². The van der Waals surface area contributed by atoms with Crippen LogP contribution < -0.4 is 4.83 Å². The van der Waals surface area contributed by atoms with Crippen molar-refractivity contribution in [3.63, 3.8) is 0 Å². The van der Waals surface area contributed by atoms with Crippen molar-refractivity contribution >= 4 is 32.2 Å². The number of aryl methyl sites for hydroxylation is 1. The molecule has 0 heterocycles. The molecule has 2 aromatic carbocycles. The number of halogens is 2. The number of nitrogens with one attached hydrogen (secondary N) is 1. The average molecular weight is 371 g/mol. The maximum absolute atomic E-state index is 13.3. The van der Waals surface area contributed by atoms with Gasteiger partial charge in [-0.15, -0.1) is 0 Å². The third kappa shape index (κ3) is 4.12. The molecule has 7 heteroatoms. The van der Waals surface area contributed by atoms with Crippen LogP contribution in [0.2, 0.25) is 0 Å². The van der Waals surface area contributed by atoms with Gasteiger partial charge in [0.2, 0.25) is 0 Å². The first-order valence-electron chi connectivity index (χ1n) is 5.95. The molecule has 0 aliphatic heterocycles. The van der Waals surface area contributed by atoms with Crippen LogP contribution in [0.1, 0.15) is 11.1 Å². The molecule has 0 aliphatic carbocycles. The fourth-order valence-electron chi connectivity index (χ4n) is 1.53. The summed E-state index contributed by atoms with van der Waals surface area (Å²) in [6.45, 7) is 1.87. The van der Waals surface area contributed by atoms with Crippen LogP contribution in [0.3, 0.4) is 0 Å². The molecule has 0 atom stereocenters. The molecule has 0 bridgehead atoms. The van der Waals surface area contributed by atoms with E-state index in [1.54, 1.807) is 18.2 Å². The van der Waals surface area contributed by atoms with Crippen LogP contribution in [0.5, 0.6) is 0 Å². The first kappa shape index (κ1) is 15.7. The Morgan fingerprint density at radius 1 is 1.19 bits per heavy atom. The Labute approximate surface area is 130 Å². The second-order valence-corrected chi connectivity index (χ2v) is 6.85. The van der Waals surface area contributed by atoms with Gasteiger partial charge in [-0.2, -0.15) is 13.5 Å². The van der Waals surface area contributed by atoms with E-state index in [1.165, 1.54) is 30.5 Å².